The van der Waals surface area contributed by atoms with Crippen molar-refractivity contribution in [2.75, 3.05) is 83.9 Å². The third-order valence-electron chi connectivity index (χ3n) is 17.3. The monoisotopic (exact) mass is 1170 g/mol. The molecule has 1 amide bonds. The molecule has 86 heavy (non-hydrogen) atoms. The number of ether oxygens (including phenoxy) is 4. The average molecular weight is 1170 g/mol. The first-order valence-electron chi connectivity index (χ1n) is 30.1. The maximum atomic E-state index is 14.3. The van der Waals surface area contributed by atoms with E-state index in [1.807, 2.05) is 48.5 Å². The summed E-state index contributed by atoms with van der Waals surface area (Å²) < 4.78 is 62.4. The molecule has 11 rings (SSSR count). The van der Waals surface area contributed by atoms with Gasteiger partial charge in [-0.1, -0.05) is 97.1 Å². The van der Waals surface area contributed by atoms with Crippen LogP contribution in [-0.4, -0.2) is 113 Å². The fraction of sp³-hybridized carbons (Fsp3) is 0.288. The topological polar surface area (TPSA) is 133 Å². The molecule has 7 aromatic carbocycles. The number of carbonyl (C=O) groups is 1. The van der Waals surface area contributed by atoms with Gasteiger partial charge in [-0.15, -0.1) is 0 Å². The number of nitrogens with zero attached hydrogens (tertiary/aromatic N) is 3. The zero-order valence-electron chi connectivity index (χ0n) is 50.2. The number of nitrogens with one attached hydrogen (secondary N) is 1. The Labute approximate surface area is 507 Å². The number of hydrogen-bond donors (Lipinski definition) is 1. The van der Waals surface area contributed by atoms with Crippen molar-refractivity contribution in [1.29, 1.82) is 0 Å². The highest BCUT2D eigenvalue weighted by Crippen LogP contribution is 2.49. The van der Waals surface area contributed by atoms with Crippen LogP contribution in [0.25, 0.3) is 27.8 Å². The molecule has 1 N–H and O–H groups in total. The molecule has 1 saturated heterocycles. The van der Waals surface area contributed by atoms with Crippen molar-refractivity contribution in [1.82, 2.24) is 10.2 Å². The predicted molar refractivity (Wildman–Crippen MR) is 344 cm³/mol. The Hall–Kier alpha value is -8.33. The summed E-state index contributed by atoms with van der Waals surface area (Å²) in [6.07, 6.45) is 6.90. The van der Waals surface area contributed by atoms with Gasteiger partial charge in [0.25, 0.3) is 5.91 Å². The Balaban J connectivity index is 0.971. The number of anilines is 1. The molecular weight excluding hydrogens is 1090 g/mol. The van der Waals surface area contributed by atoms with Crippen molar-refractivity contribution in [3.05, 3.63) is 237 Å². The summed E-state index contributed by atoms with van der Waals surface area (Å²) >= 11 is 0. The number of methoxy groups -OCH3 is 2. The highest BCUT2D eigenvalue weighted by Gasteiger charge is 2.45. The molecule has 7 aromatic rings. The van der Waals surface area contributed by atoms with Crippen molar-refractivity contribution in [2.45, 2.75) is 58.8 Å². The summed E-state index contributed by atoms with van der Waals surface area (Å²) in [5.41, 5.74) is 17.5. The molecule has 3 aliphatic heterocycles. The molecule has 1 aliphatic carbocycles. The van der Waals surface area contributed by atoms with Crippen LogP contribution in [0.4, 0.5) is 11.4 Å². The highest BCUT2D eigenvalue weighted by molar-refractivity contribution is 7.85. The molecule has 0 spiro atoms. The van der Waals surface area contributed by atoms with Gasteiger partial charge in [0.1, 0.15) is 29.6 Å². The fourth-order valence-electron chi connectivity index (χ4n) is 12.8. The fourth-order valence-corrected chi connectivity index (χ4v) is 13.2. The highest BCUT2D eigenvalue weighted by atomic mass is 32.2. The van der Waals surface area contributed by atoms with Crippen LogP contribution in [0, 0.1) is 0 Å². The maximum absolute atomic E-state index is 14.3. The number of morpholine rings is 1. The van der Waals surface area contributed by atoms with Gasteiger partial charge in [-0.25, -0.2) is 8.42 Å². The van der Waals surface area contributed by atoms with Crippen LogP contribution in [0.2, 0.25) is 0 Å². The van der Waals surface area contributed by atoms with E-state index in [1.54, 1.807) is 14.2 Å². The first kappa shape index (κ1) is 59.4. The summed E-state index contributed by atoms with van der Waals surface area (Å²) in [6.45, 7) is 15.1. The van der Waals surface area contributed by atoms with Gasteiger partial charge in [0.05, 0.1) is 43.0 Å². The molecule has 4 aliphatic rings. The second-order valence-corrected chi connectivity index (χ2v) is 24.3. The van der Waals surface area contributed by atoms with Crippen LogP contribution < -0.4 is 24.4 Å². The zero-order chi connectivity index (χ0) is 60.0. The molecule has 0 atom stereocenters. The normalized spacial score (nSPS) is 15.7. The van der Waals surface area contributed by atoms with Crippen molar-refractivity contribution in [3.63, 3.8) is 0 Å². The first-order valence-corrected chi connectivity index (χ1v) is 31.7. The molecule has 1 fully saturated rings. The van der Waals surface area contributed by atoms with E-state index in [4.69, 9.17) is 18.9 Å². The van der Waals surface area contributed by atoms with Crippen LogP contribution in [0.1, 0.15) is 103 Å². The zero-order valence-corrected chi connectivity index (χ0v) is 51.0. The first-order chi connectivity index (χ1) is 41.8. The average Bonchev–Trinajstić information content (AvgIpc) is 1.51. The Bertz CT molecular complexity index is 3860. The Kier molecular flexibility index (Phi) is 18.0. The third-order valence-corrected chi connectivity index (χ3v) is 18.0. The van der Waals surface area contributed by atoms with Crippen molar-refractivity contribution >= 4 is 49.8 Å². The minimum Gasteiger partial charge on any atom is -0.748 e. The Morgan fingerprint density at radius 3 is 1.98 bits per heavy atom. The van der Waals surface area contributed by atoms with Crippen LogP contribution in [0.3, 0.4) is 0 Å². The molecule has 13 heteroatoms. The molecule has 0 aromatic heterocycles. The lowest BCUT2D eigenvalue weighted by atomic mass is 9.79. The van der Waals surface area contributed by atoms with E-state index in [2.05, 4.69) is 175 Å². The predicted octanol–water partition coefficient (Wildman–Crippen LogP) is 13.5. The van der Waals surface area contributed by atoms with E-state index in [-0.39, 0.29) is 12.3 Å². The van der Waals surface area contributed by atoms with Gasteiger partial charge in [0.15, 0.2) is 5.71 Å². The smallest absolute Gasteiger partial charge is 0.251 e. The number of hydrogen-bond acceptors (Lipinski definition) is 10. The summed E-state index contributed by atoms with van der Waals surface area (Å²) in [4.78, 5) is 18.9. The number of allylic oxidation sites excluding steroid dienone is 4. The van der Waals surface area contributed by atoms with Crippen LogP contribution in [0.5, 0.6) is 17.2 Å². The maximum Gasteiger partial charge on any atom is 0.251 e. The summed E-state index contributed by atoms with van der Waals surface area (Å²) in [6, 6.07) is 56.5. The van der Waals surface area contributed by atoms with Gasteiger partial charge in [0, 0.05) is 103 Å². The molecule has 3 heterocycles. The van der Waals surface area contributed by atoms with E-state index in [0.717, 1.165) is 170 Å². The quantitative estimate of drug-likeness (QED) is 0.0421. The van der Waals surface area contributed by atoms with Crippen molar-refractivity contribution in [3.8, 4) is 28.4 Å². The third kappa shape index (κ3) is 12.6. The standard InChI is InChI=1S/C73H76N4O8S/c1-7-76(8-2)57-32-37-62-66(49-57)85-71-55(18-14-21-63(71)70(62)60-19-12-13-20-61(60)72(78)74-40-42-75-43-45-84-46-44-75)31-39-67-73(3,4)64-48-56(30-38-65(64)77(67)41-15-47-86(79,80)81)50-22-24-52(25-23-50)68(51-16-10-9-11-17-51)69(53-26-33-58(82-5)34-27-53)54-28-35-59(83-6)36-29-54/h9-13,16-17,19-20,22-39,48-49H,7-8,14-15,18,21,40-47H2,1-6H3,(H-,74,78,79,80,81). The Morgan fingerprint density at radius 2 is 1.34 bits per heavy atom. The van der Waals surface area contributed by atoms with E-state index >= 15 is 0 Å². The molecular formula is C73H76N4O8S. The van der Waals surface area contributed by atoms with Crippen LogP contribution in [-0.2, 0) is 20.3 Å². The van der Waals surface area contributed by atoms with E-state index < -0.39 is 21.3 Å². The number of amides is 1. The van der Waals surface area contributed by atoms with Crippen molar-refractivity contribution in [2.24, 2.45) is 0 Å². The second-order valence-electron chi connectivity index (χ2n) is 22.8. The van der Waals surface area contributed by atoms with Gasteiger partial charge in [-0.2, -0.15) is 4.58 Å². The van der Waals surface area contributed by atoms with E-state index in [1.165, 1.54) is 0 Å². The lowest BCUT2D eigenvalue weighted by Crippen LogP contribution is -2.41. The second kappa shape index (κ2) is 26.1. The van der Waals surface area contributed by atoms with E-state index in [0.29, 0.717) is 31.9 Å². The molecule has 0 bridgehead atoms. The molecule has 0 unspecified atom stereocenters. The van der Waals surface area contributed by atoms with Gasteiger partial charge in [-0.3, -0.25) is 9.69 Å². The Morgan fingerprint density at radius 1 is 0.721 bits per heavy atom. The lowest BCUT2D eigenvalue weighted by Gasteiger charge is -2.32. The number of carbonyl (C=O) groups excluding carboxylic acids is 1. The molecule has 12 nitrogen and oxygen atoms in total. The number of fused-ring (bicyclic) bond motifs is 3. The summed E-state index contributed by atoms with van der Waals surface area (Å²) in [5, 5.41) is 3.24. The molecule has 442 valence electrons. The summed E-state index contributed by atoms with van der Waals surface area (Å²) in [7, 11) is -1.10. The largest absolute Gasteiger partial charge is 0.748 e. The lowest BCUT2D eigenvalue weighted by molar-refractivity contribution is -0.437. The van der Waals surface area contributed by atoms with Crippen molar-refractivity contribution < 1.29 is 41.3 Å². The van der Waals surface area contributed by atoms with Gasteiger partial charge in [-0.05, 0) is 163 Å². The van der Waals surface area contributed by atoms with Crippen LogP contribution in [0.15, 0.2) is 193 Å². The number of benzene rings is 7. The SMILES string of the molecule is CCN(CC)c1ccc2c(c1)OC1=C(/C=C/C3=[N+](CCCS(=O)(=O)[O-])c4ccc(-c5ccc(C(=C(c6ccc(OC)cc6)c6ccc(OC)cc6)c6ccccc6)cc5)cc4C3(C)C)CCCC1=C2c1ccccc1C(=O)NCCN1CCOCC1. The summed E-state index contributed by atoms with van der Waals surface area (Å²) in [5.74, 6) is 2.50. The minimum atomic E-state index is -4.46. The van der Waals surface area contributed by atoms with E-state index in [9.17, 15) is 17.8 Å². The van der Waals surface area contributed by atoms with Crippen LogP contribution >= 0.6 is 0 Å². The van der Waals surface area contributed by atoms with Gasteiger partial charge in [0.2, 0.25) is 5.69 Å². The minimum absolute atomic E-state index is 0.116. The number of rotatable bonds is 21. The molecule has 0 saturated carbocycles. The van der Waals surface area contributed by atoms with Gasteiger partial charge >= 0.3 is 0 Å². The molecule has 0 radical (unpaired) electrons. The van der Waals surface area contributed by atoms with Gasteiger partial charge < -0.3 is 33.7 Å².